The summed E-state index contributed by atoms with van der Waals surface area (Å²) in [5, 5.41) is 0. The quantitative estimate of drug-likeness (QED) is 0.0648. The molecule has 254 valence electrons. The summed E-state index contributed by atoms with van der Waals surface area (Å²) in [7, 11) is 0. The van der Waals surface area contributed by atoms with Crippen LogP contribution in [0.2, 0.25) is 0 Å². The fourth-order valence-corrected chi connectivity index (χ4v) is 6.55. The van der Waals surface area contributed by atoms with Crippen LogP contribution in [0, 0.1) is 0 Å². The van der Waals surface area contributed by atoms with Crippen LogP contribution in [0.1, 0.15) is 252 Å². The van der Waals surface area contributed by atoms with Crippen LogP contribution in [0.5, 0.6) is 0 Å². The maximum Gasteiger partial charge on any atom is 0.0575 e. The minimum Gasteiger partial charge on any atom is -0.378 e. The van der Waals surface area contributed by atoms with E-state index in [2.05, 4.69) is 20.8 Å². The van der Waals surface area contributed by atoms with Gasteiger partial charge in [-0.05, 0) is 19.3 Å². The molecule has 0 aliphatic heterocycles. The van der Waals surface area contributed by atoms with E-state index in [1.807, 2.05) is 0 Å². The molecule has 0 saturated carbocycles. The van der Waals surface area contributed by atoms with E-state index in [9.17, 15) is 0 Å². The van der Waals surface area contributed by atoms with Crippen LogP contribution < -0.4 is 0 Å². The van der Waals surface area contributed by atoms with Gasteiger partial charge in [0, 0.05) is 6.61 Å². The number of ether oxygens (including phenoxy) is 1. The molecule has 0 amide bonds. The molecule has 0 aromatic rings. The van der Waals surface area contributed by atoms with Crippen LogP contribution in [-0.2, 0) is 4.74 Å². The molecule has 1 heteroatoms. The molecule has 0 aromatic carbocycles. The number of unbranched alkanes of at least 4 members (excludes halogenated alkanes) is 31. The van der Waals surface area contributed by atoms with E-state index < -0.39 is 0 Å². The van der Waals surface area contributed by atoms with Crippen molar-refractivity contribution in [3.8, 4) is 0 Å². The Bertz CT molecular complexity index is 410. The molecule has 42 heavy (non-hydrogen) atoms. The molecule has 0 aliphatic rings. The highest BCUT2D eigenvalue weighted by atomic mass is 16.5. The average molecular weight is 593 g/mol. The van der Waals surface area contributed by atoms with Crippen LogP contribution in [0.15, 0.2) is 0 Å². The standard InChI is InChI=1S/C41H84O/c1-4-7-10-12-14-16-18-20-22-24-26-28-30-32-34-36-38-41(42-40-9-6-3)39-37-35-33-31-29-27-25-23-21-19-17-15-13-11-8-5-2/h41H,4-40H2,1-3H3. The summed E-state index contributed by atoms with van der Waals surface area (Å²) < 4.78 is 6.33. The summed E-state index contributed by atoms with van der Waals surface area (Å²) in [4.78, 5) is 0. The monoisotopic (exact) mass is 593 g/mol. The maximum atomic E-state index is 6.33. The Morgan fingerprint density at radius 3 is 0.714 bits per heavy atom. The van der Waals surface area contributed by atoms with Crippen LogP contribution >= 0.6 is 0 Å². The van der Waals surface area contributed by atoms with Gasteiger partial charge in [-0.1, -0.05) is 233 Å². The van der Waals surface area contributed by atoms with Crippen LogP contribution in [0.3, 0.4) is 0 Å². The van der Waals surface area contributed by atoms with Gasteiger partial charge in [-0.3, -0.25) is 0 Å². The molecule has 0 heterocycles. The predicted molar refractivity (Wildman–Crippen MR) is 193 cm³/mol. The Hall–Kier alpha value is -0.0400. The first-order chi connectivity index (χ1) is 20.8. The van der Waals surface area contributed by atoms with Crippen LogP contribution in [0.25, 0.3) is 0 Å². The summed E-state index contributed by atoms with van der Waals surface area (Å²) in [6, 6.07) is 0. The van der Waals surface area contributed by atoms with Crippen molar-refractivity contribution in [1.82, 2.24) is 0 Å². The van der Waals surface area contributed by atoms with E-state index in [1.165, 1.54) is 231 Å². The molecule has 0 saturated heterocycles. The van der Waals surface area contributed by atoms with E-state index in [0.717, 1.165) is 6.61 Å². The lowest BCUT2D eigenvalue weighted by atomic mass is 10.0. The highest BCUT2D eigenvalue weighted by Gasteiger charge is 2.09. The molecule has 0 radical (unpaired) electrons. The molecular weight excluding hydrogens is 508 g/mol. The van der Waals surface area contributed by atoms with Crippen molar-refractivity contribution in [2.45, 2.75) is 258 Å². The Kier molecular flexibility index (Phi) is 38.9. The Labute approximate surface area is 268 Å². The first-order valence-electron chi connectivity index (χ1n) is 20.5. The largest absolute Gasteiger partial charge is 0.378 e. The van der Waals surface area contributed by atoms with Gasteiger partial charge < -0.3 is 4.74 Å². The molecule has 0 unspecified atom stereocenters. The average Bonchev–Trinajstić information content (AvgIpc) is 3.00. The molecule has 0 rings (SSSR count). The molecule has 0 bridgehead atoms. The zero-order chi connectivity index (χ0) is 30.4. The SMILES string of the molecule is CCCCCCCCCCCCCCCCCCC(CCCCCCCCCCCCCCCCCC)OCCCC. The van der Waals surface area contributed by atoms with E-state index in [4.69, 9.17) is 4.74 Å². The normalized spacial score (nSPS) is 11.7. The number of hydrogen-bond donors (Lipinski definition) is 0. The van der Waals surface area contributed by atoms with Crippen molar-refractivity contribution in [2.24, 2.45) is 0 Å². The summed E-state index contributed by atoms with van der Waals surface area (Å²) in [5.74, 6) is 0. The predicted octanol–water partition coefficient (Wildman–Crippen LogP) is 15.5. The molecule has 0 spiro atoms. The maximum absolute atomic E-state index is 6.33. The smallest absolute Gasteiger partial charge is 0.0575 e. The van der Waals surface area contributed by atoms with Crippen molar-refractivity contribution in [1.29, 1.82) is 0 Å². The van der Waals surface area contributed by atoms with Crippen LogP contribution in [-0.4, -0.2) is 12.7 Å². The lowest BCUT2D eigenvalue weighted by molar-refractivity contribution is 0.0364. The van der Waals surface area contributed by atoms with Gasteiger partial charge in [-0.15, -0.1) is 0 Å². The van der Waals surface area contributed by atoms with Gasteiger partial charge in [0.25, 0.3) is 0 Å². The van der Waals surface area contributed by atoms with Gasteiger partial charge in [0.05, 0.1) is 6.10 Å². The number of rotatable bonds is 38. The third kappa shape index (κ3) is 36.2. The van der Waals surface area contributed by atoms with Crippen molar-refractivity contribution in [3.05, 3.63) is 0 Å². The third-order valence-electron chi connectivity index (χ3n) is 9.61. The zero-order valence-electron chi connectivity index (χ0n) is 30.1. The minimum absolute atomic E-state index is 0.537. The first-order valence-corrected chi connectivity index (χ1v) is 20.5. The first kappa shape index (κ1) is 42.0. The van der Waals surface area contributed by atoms with Gasteiger partial charge in [0.1, 0.15) is 0 Å². The fourth-order valence-electron chi connectivity index (χ4n) is 6.55. The van der Waals surface area contributed by atoms with E-state index >= 15 is 0 Å². The molecule has 0 aromatic heterocycles. The molecule has 0 aliphatic carbocycles. The second-order valence-electron chi connectivity index (χ2n) is 14.0. The summed E-state index contributed by atoms with van der Waals surface area (Å²) in [6.45, 7) is 7.88. The van der Waals surface area contributed by atoms with Gasteiger partial charge in [-0.25, -0.2) is 0 Å². The van der Waals surface area contributed by atoms with Gasteiger partial charge in [0.2, 0.25) is 0 Å². The van der Waals surface area contributed by atoms with Crippen LogP contribution in [0.4, 0.5) is 0 Å². The van der Waals surface area contributed by atoms with Gasteiger partial charge in [-0.2, -0.15) is 0 Å². The Morgan fingerprint density at radius 1 is 0.262 bits per heavy atom. The molecule has 0 N–H and O–H groups in total. The lowest BCUT2D eigenvalue weighted by Crippen LogP contribution is -2.14. The van der Waals surface area contributed by atoms with Crippen molar-refractivity contribution >= 4 is 0 Å². The Balaban J connectivity index is 3.52. The van der Waals surface area contributed by atoms with E-state index in [1.54, 1.807) is 0 Å². The van der Waals surface area contributed by atoms with Crippen molar-refractivity contribution in [2.75, 3.05) is 6.61 Å². The van der Waals surface area contributed by atoms with E-state index in [-0.39, 0.29) is 0 Å². The second-order valence-corrected chi connectivity index (χ2v) is 14.0. The van der Waals surface area contributed by atoms with E-state index in [0.29, 0.717) is 6.10 Å². The summed E-state index contributed by atoms with van der Waals surface area (Å²) in [5.41, 5.74) is 0. The molecule has 0 fully saturated rings. The summed E-state index contributed by atoms with van der Waals surface area (Å²) >= 11 is 0. The highest BCUT2D eigenvalue weighted by Crippen LogP contribution is 2.19. The summed E-state index contributed by atoms with van der Waals surface area (Å²) in [6.07, 6.45) is 52.1. The second kappa shape index (κ2) is 39.0. The highest BCUT2D eigenvalue weighted by molar-refractivity contribution is 4.61. The molecule has 1 nitrogen and oxygen atoms in total. The van der Waals surface area contributed by atoms with Gasteiger partial charge >= 0.3 is 0 Å². The number of hydrogen-bond acceptors (Lipinski definition) is 1. The zero-order valence-corrected chi connectivity index (χ0v) is 30.1. The fraction of sp³-hybridized carbons (Fsp3) is 1.00. The van der Waals surface area contributed by atoms with Gasteiger partial charge in [0.15, 0.2) is 0 Å². The molecule has 0 atom stereocenters. The minimum atomic E-state index is 0.537. The topological polar surface area (TPSA) is 9.23 Å². The third-order valence-corrected chi connectivity index (χ3v) is 9.61. The lowest BCUT2D eigenvalue weighted by Gasteiger charge is -2.18. The van der Waals surface area contributed by atoms with Crippen molar-refractivity contribution in [3.63, 3.8) is 0 Å². The Morgan fingerprint density at radius 2 is 0.476 bits per heavy atom. The van der Waals surface area contributed by atoms with Crippen molar-refractivity contribution < 1.29 is 4.74 Å². The molecular formula is C41H84O.